The van der Waals surface area contributed by atoms with Gasteiger partial charge in [0, 0.05) is 31.9 Å². The van der Waals surface area contributed by atoms with Crippen molar-refractivity contribution in [3.05, 3.63) is 11.9 Å². The van der Waals surface area contributed by atoms with Gasteiger partial charge in [-0.3, -0.25) is 0 Å². The summed E-state index contributed by atoms with van der Waals surface area (Å²) in [5, 5.41) is 0. The van der Waals surface area contributed by atoms with Crippen LogP contribution in [-0.2, 0) is 11.2 Å². The Labute approximate surface area is 128 Å². The lowest BCUT2D eigenvalue weighted by Crippen LogP contribution is -2.38. The number of imidazole rings is 1. The van der Waals surface area contributed by atoms with Gasteiger partial charge in [0.1, 0.15) is 0 Å². The van der Waals surface area contributed by atoms with Crippen LogP contribution in [0.25, 0.3) is 0 Å². The summed E-state index contributed by atoms with van der Waals surface area (Å²) < 4.78 is 8.18. The van der Waals surface area contributed by atoms with Crippen molar-refractivity contribution in [2.24, 2.45) is 5.73 Å². The molecule has 1 aliphatic heterocycles. The normalized spacial score (nSPS) is 16.9. The second kappa shape index (κ2) is 7.80. The fraction of sp³-hybridized carbons (Fsp3) is 0.812. The highest BCUT2D eigenvalue weighted by Crippen LogP contribution is 2.24. The van der Waals surface area contributed by atoms with Crippen LogP contribution in [0.2, 0.25) is 0 Å². The van der Waals surface area contributed by atoms with Gasteiger partial charge >= 0.3 is 0 Å². The number of rotatable bonds is 7. The third-order valence-corrected chi connectivity index (χ3v) is 4.11. The molecular formula is C16H30N4O. The molecule has 5 heteroatoms. The molecule has 0 aliphatic carbocycles. The SMILES string of the molecule is CCc1cn(C(C)C)c(N2CCC(OCCCN)CC2)n1. The smallest absolute Gasteiger partial charge is 0.205 e. The average molecular weight is 294 g/mol. The van der Waals surface area contributed by atoms with Gasteiger partial charge in [0.15, 0.2) is 0 Å². The second-order valence-electron chi connectivity index (χ2n) is 6.09. The van der Waals surface area contributed by atoms with E-state index in [1.807, 2.05) is 0 Å². The van der Waals surface area contributed by atoms with Gasteiger partial charge in [-0.05, 0) is 46.1 Å². The Morgan fingerprint density at radius 1 is 1.38 bits per heavy atom. The molecule has 120 valence electrons. The topological polar surface area (TPSA) is 56.3 Å². The summed E-state index contributed by atoms with van der Waals surface area (Å²) in [5.41, 5.74) is 6.68. The van der Waals surface area contributed by atoms with E-state index in [0.717, 1.165) is 51.3 Å². The number of aryl methyl sites for hydroxylation is 1. The number of piperidine rings is 1. The Bertz CT molecular complexity index is 422. The van der Waals surface area contributed by atoms with E-state index >= 15 is 0 Å². The van der Waals surface area contributed by atoms with Crippen LogP contribution in [-0.4, -0.2) is 41.9 Å². The van der Waals surface area contributed by atoms with Crippen LogP contribution in [0.5, 0.6) is 0 Å². The zero-order valence-electron chi connectivity index (χ0n) is 13.7. The molecule has 0 radical (unpaired) electrons. The van der Waals surface area contributed by atoms with Crippen molar-refractivity contribution in [2.75, 3.05) is 31.1 Å². The monoisotopic (exact) mass is 294 g/mol. The predicted octanol–water partition coefficient (Wildman–Crippen LogP) is 2.36. The van der Waals surface area contributed by atoms with Crippen molar-refractivity contribution >= 4 is 5.95 Å². The predicted molar refractivity (Wildman–Crippen MR) is 86.8 cm³/mol. The summed E-state index contributed by atoms with van der Waals surface area (Å²) in [4.78, 5) is 7.21. The minimum atomic E-state index is 0.390. The van der Waals surface area contributed by atoms with Crippen LogP contribution >= 0.6 is 0 Å². The van der Waals surface area contributed by atoms with Crippen LogP contribution in [0.4, 0.5) is 5.95 Å². The van der Waals surface area contributed by atoms with Crippen molar-refractivity contribution in [1.29, 1.82) is 0 Å². The number of nitrogens with zero attached hydrogens (tertiary/aromatic N) is 3. The highest BCUT2D eigenvalue weighted by atomic mass is 16.5. The molecular weight excluding hydrogens is 264 g/mol. The molecule has 0 amide bonds. The van der Waals surface area contributed by atoms with Crippen molar-refractivity contribution in [2.45, 2.75) is 58.6 Å². The zero-order valence-corrected chi connectivity index (χ0v) is 13.7. The van der Waals surface area contributed by atoms with E-state index in [2.05, 4.69) is 36.4 Å². The second-order valence-corrected chi connectivity index (χ2v) is 6.09. The fourth-order valence-electron chi connectivity index (χ4n) is 2.77. The molecule has 2 heterocycles. The third kappa shape index (κ3) is 4.20. The highest BCUT2D eigenvalue weighted by Gasteiger charge is 2.23. The maximum absolute atomic E-state index is 5.88. The molecule has 1 fully saturated rings. The van der Waals surface area contributed by atoms with Crippen molar-refractivity contribution in [1.82, 2.24) is 9.55 Å². The van der Waals surface area contributed by atoms with E-state index < -0.39 is 0 Å². The Balaban J connectivity index is 1.94. The molecule has 1 aliphatic rings. The first-order valence-corrected chi connectivity index (χ1v) is 8.30. The van der Waals surface area contributed by atoms with Crippen molar-refractivity contribution in [3.8, 4) is 0 Å². The van der Waals surface area contributed by atoms with Gasteiger partial charge in [-0.15, -0.1) is 0 Å². The summed E-state index contributed by atoms with van der Waals surface area (Å²) >= 11 is 0. The van der Waals surface area contributed by atoms with Gasteiger partial charge in [0.2, 0.25) is 5.95 Å². The van der Waals surface area contributed by atoms with Crippen molar-refractivity contribution in [3.63, 3.8) is 0 Å². The van der Waals surface area contributed by atoms with E-state index in [0.29, 0.717) is 18.7 Å². The Hall–Kier alpha value is -1.07. The Morgan fingerprint density at radius 3 is 2.67 bits per heavy atom. The molecule has 2 rings (SSSR count). The van der Waals surface area contributed by atoms with Gasteiger partial charge in [0.25, 0.3) is 0 Å². The van der Waals surface area contributed by atoms with Crippen LogP contribution in [0, 0.1) is 0 Å². The molecule has 0 aromatic carbocycles. The molecule has 21 heavy (non-hydrogen) atoms. The van der Waals surface area contributed by atoms with Crippen LogP contribution in [0.1, 0.15) is 51.8 Å². The third-order valence-electron chi connectivity index (χ3n) is 4.11. The van der Waals surface area contributed by atoms with Crippen LogP contribution < -0.4 is 10.6 Å². The number of aromatic nitrogens is 2. The van der Waals surface area contributed by atoms with Crippen LogP contribution in [0.3, 0.4) is 0 Å². The molecule has 5 nitrogen and oxygen atoms in total. The number of hydrogen-bond donors (Lipinski definition) is 1. The molecule has 1 aromatic rings. The average Bonchev–Trinajstić information content (AvgIpc) is 2.93. The standard InChI is InChI=1S/C16H30N4O/c1-4-14-12-20(13(2)3)16(18-14)19-9-6-15(7-10-19)21-11-5-8-17/h12-13,15H,4-11,17H2,1-3H3. The maximum atomic E-state index is 5.88. The summed E-state index contributed by atoms with van der Waals surface area (Å²) in [6.45, 7) is 10.2. The van der Waals surface area contributed by atoms with E-state index in [-0.39, 0.29) is 0 Å². The maximum Gasteiger partial charge on any atom is 0.205 e. The molecule has 0 atom stereocenters. The Kier molecular flexibility index (Phi) is 6.06. The lowest BCUT2D eigenvalue weighted by molar-refractivity contribution is 0.0364. The minimum absolute atomic E-state index is 0.390. The zero-order chi connectivity index (χ0) is 15.2. The summed E-state index contributed by atoms with van der Waals surface area (Å²) in [5.74, 6) is 1.13. The molecule has 0 saturated carbocycles. The number of ether oxygens (including phenoxy) is 1. The van der Waals surface area contributed by atoms with E-state index in [9.17, 15) is 0 Å². The van der Waals surface area contributed by atoms with Gasteiger partial charge < -0.3 is 19.9 Å². The van der Waals surface area contributed by atoms with Crippen molar-refractivity contribution < 1.29 is 4.74 Å². The summed E-state index contributed by atoms with van der Waals surface area (Å²) in [7, 11) is 0. The largest absolute Gasteiger partial charge is 0.378 e. The fourth-order valence-corrected chi connectivity index (χ4v) is 2.77. The van der Waals surface area contributed by atoms with Gasteiger partial charge in [-0.2, -0.15) is 0 Å². The molecule has 0 bridgehead atoms. The summed E-state index contributed by atoms with van der Waals surface area (Å²) in [6, 6.07) is 0.450. The number of nitrogens with two attached hydrogens (primary N) is 1. The minimum Gasteiger partial charge on any atom is -0.378 e. The van der Waals surface area contributed by atoms with Crippen LogP contribution in [0.15, 0.2) is 6.20 Å². The first-order valence-electron chi connectivity index (χ1n) is 8.30. The quantitative estimate of drug-likeness (QED) is 0.784. The highest BCUT2D eigenvalue weighted by molar-refractivity contribution is 5.35. The lowest BCUT2D eigenvalue weighted by atomic mass is 10.1. The lowest BCUT2D eigenvalue weighted by Gasteiger charge is -2.33. The van der Waals surface area contributed by atoms with E-state index in [1.54, 1.807) is 0 Å². The first-order chi connectivity index (χ1) is 10.2. The summed E-state index contributed by atoms with van der Waals surface area (Å²) in [6.07, 6.45) is 6.70. The van der Waals surface area contributed by atoms with Gasteiger partial charge in [-0.1, -0.05) is 6.92 Å². The van der Waals surface area contributed by atoms with Gasteiger partial charge in [-0.25, -0.2) is 4.98 Å². The molecule has 0 unspecified atom stereocenters. The number of anilines is 1. The molecule has 1 saturated heterocycles. The molecule has 0 spiro atoms. The number of hydrogen-bond acceptors (Lipinski definition) is 4. The van der Waals surface area contributed by atoms with E-state index in [1.165, 1.54) is 5.69 Å². The first kappa shape index (κ1) is 16.3. The Morgan fingerprint density at radius 2 is 2.10 bits per heavy atom. The van der Waals surface area contributed by atoms with E-state index in [4.69, 9.17) is 15.5 Å². The van der Waals surface area contributed by atoms with Gasteiger partial charge in [0.05, 0.1) is 11.8 Å². The molecule has 1 aromatic heterocycles. The molecule has 2 N–H and O–H groups in total.